The fraction of sp³-hybridized carbons (Fsp3) is 0. The topological polar surface area (TPSA) is 0 Å². The van der Waals surface area contributed by atoms with Gasteiger partial charge >= 0.3 is 27.7 Å². The zero-order chi connectivity index (χ0) is 8.23. The van der Waals surface area contributed by atoms with Gasteiger partial charge in [0.15, 0.2) is 0 Å². The maximum Gasteiger partial charge on any atom is 2.00 e. The summed E-state index contributed by atoms with van der Waals surface area (Å²) in [4.78, 5) is 0. The van der Waals surface area contributed by atoms with Crippen molar-refractivity contribution in [2.24, 2.45) is 0 Å². The maximum atomic E-state index is 2.12. The Hall–Kier alpha value is -0.625. The summed E-state index contributed by atoms with van der Waals surface area (Å²) >= 11 is 0. The standard InChI is InChI=1S/C12H10.Hg/c1-3-7-11(8-4-1)12-9-5-2-6-10-12;/h1-10H;/q;+2. The zero-order valence-electron chi connectivity index (χ0n) is 7.48. The van der Waals surface area contributed by atoms with E-state index >= 15 is 0 Å². The van der Waals surface area contributed by atoms with Gasteiger partial charge in [-0.15, -0.1) is 0 Å². The summed E-state index contributed by atoms with van der Waals surface area (Å²) in [6.45, 7) is 0. The molecule has 0 saturated carbocycles. The smallest absolute Gasteiger partial charge is 0.0622 e. The van der Waals surface area contributed by atoms with Gasteiger partial charge in [0.25, 0.3) is 0 Å². The summed E-state index contributed by atoms with van der Waals surface area (Å²) < 4.78 is 0. The van der Waals surface area contributed by atoms with Crippen molar-refractivity contribution in [3.8, 4) is 11.1 Å². The molecule has 58 valence electrons. The third kappa shape index (κ3) is 2.66. The molecule has 0 fully saturated rings. The van der Waals surface area contributed by atoms with Gasteiger partial charge in [0, 0.05) is 0 Å². The fourth-order valence-electron chi connectivity index (χ4n) is 1.26. The van der Waals surface area contributed by atoms with E-state index in [-0.39, 0.29) is 27.7 Å². The van der Waals surface area contributed by atoms with Gasteiger partial charge in [0.2, 0.25) is 0 Å². The minimum Gasteiger partial charge on any atom is -0.0622 e. The van der Waals surface area contributed by atoms with Gasteiger partial charge in [-0.3, -0.25) is 0 Å². The SMILES string of the molecule is [Hg+2].c1ccc(-c2ccccc2)cc1. The molecule has 0 saturated heterocycles. The molecule has 0 unspecified atom stereocenters. The molecule has 0 aromatic heterocycles. The van der Waals surface area contributed by atoms with E-state index in [4.69, 9.17) is 0 Å². The average molecular weight is 355 g/mol. The molecule has 0 radical (unpaired) electrons. The first kappa shape index (κ1) is 10.5. The van der Waals surface area contributed by atoms with Crippen LogP contribution in [0.1, 0.15) is 0 Å². The first-order valence-electron chi connectivity index (χ1n) is 4.07. The summed E-state index contributed by atoms with van der Waals surface area (Å²) in [6, 6.07) is 20.8. The number of hydrogen-bond donors (Lipinski definition) is 0. The van der Waals surface area contributed by atoms with Crippen LogP contribution in [0.4, 0.5) is 0 Å². The van der Waals surface area contributed by atoms with Gasteiger partial charge < -0.3 is 0 Å². The van der Waals surface area contributed by atoms with Gasteiger partial charge in [0.1, 0.15) is 0 Å². The van der Waals surface area contributed by atoms with Crippen molar-refractivity contribution in [3.05, 3.63) is 60.7 Å². The molecule has 0 aliphatic heterocycles. The van der Waals surface area contributed by atoms with Crippen LogP contribution in [0.5, 0.6) is 0 Å². The molecule has 2 rings (SSSR count). The Morgan fingerprint density at radius 2 is 0.769 bits per heavy atom. The number of hydrogen-bond acceptors (Lipinski definition) is 0. The van der Waals surface area contributed by atoms with Gasteiger partial charge in [-0.25, -0.2) is 0 Å². The third-order valence-electron chi connectivity index (χ3n) is 1.88. The van der Waals surface area contributed by atoms with Gasteiger partial charge in [-0.05, 0) is 11.1 Å². The molecule has 0 aliphatic rings. The Morgan fingerprint density at radius 3 is 1.08 bits per heavy atom. The van der Waals surface area contributed by atoms with Gasteiger partial charge in [-0.2, -0.15) is 0 Å². The zero-order valence-corrected chi connectivity index (χ0v) is 13.0. The minimum absolute atomic E-state index is 0. The summed E-state index contributed by atoms with van der Waals surface area (Å²) in [5.74, 6) is 0. The van der Waals surface area contributed by atoms with Crippen molar-refractivity contribution in [1.29, 1.82) is 0 Å². The molecule has 0 aliphatic carbocycles. The van der Waals surface area contributed by atoms with Crippen molar-refractivity contribution in [1.82, 2.24) is 0 Å². The second-order valence-electron chi connectivity index (χ2n) is 2.73. The van der Waals surface area contributed by atoms with E-state index in [1.807, 2.05) is 12.1 Å². The van der Waals surface area contributed by atoms with E-state index in [0.29, 0.717) is 0 Å². The Bertz CT molecular complexity index is 303. The molecule has 1 heteroatoms. The van der Waals surface area contributed by atoms with Gasteiger partial charge in [-0.1, -0.05) is 60.7 Å². The van der Waals surface area contributed by atoms with Crippen molar-refractivity contribution in [3.63, 3.8) is 0 Å². The predicted octanol–water partition coefficient (Wildman–Crippen LogP) is 3.35. The fourth-order valence-corrected chi connectivity index (χ4v) is 1.26. The van der Waals surface area contributed by atoms with Crippen LogP contribution in [0, 0.1) is 0 Å². The van der Waals surface area contributed by atoms with E-state index in [1.165, 1.54) is 11.1 Å². The van der Waals surface area contributed by atoms with Crippen molar-refractivity contribution in [2.75, 3.05) is 0 Å². The molecule has 0 amide bonds. The molecular weight excluding hydrogens is 345 g/mol. The Labute approximate surface area is 99.1 Å². The van der Waals surface area contributed by atoms with Crippen LogP contribution in [-0.2, 0) is 27.7 Å². The largest absolute Gasteiger partial charge is 2.00 e. The van der Waals surface area contributed by atoms with Crippen LogP contribution in [0.25, 0.3) is 11.1 Å². The number of rotatable bonds is 1. The van der Waals surface area contributed by atoms with E-state index in [9.17, 15) is 0 Å². The molecule has 0 heterocycles. The maximum absolute atomic E-state index is 2.12. The molecule has 0 nitrogen and oxygen atoms in total. The van der Waals surface area contributed by atoms with Crippen LogP contribution < -0.4 is 0 Å². The normalized spacial score (nSPS) is 8.92. The summed E-state index contributed by atoms with van der Waals surface area (Å²) in [6.07, 6.45) is 0. The van der Waals surface area contributed by atoms with Crippen LogP contribution in [0.2, 0.25) is 0 Å². The first-order chi connectivity index (χ1) is 5.97. The average Bonchev–Trinajstić information content (AvgIpc) is 2.21. The third-order valence-corrected chi connectivity index (χ3v) is 1.88. The van der Waals surface area contributed by atoms with E-state index in [2.05, 4.69) is 48.5 Å². The van der Waals surface area contributed by atoms with E-state index in [0.717, 1.165) is 0 Å². The Morgan fingerprint density at radius 1 is 0.462 bits per heavy atom. The summed E-state index contributed by atoms with van der Waals surface area (Å²) in [7, 11) is 0. The van der Waals surface area contributed by atoms with Crippen LogP contribution in [0.15, 0.2) is 60.7 Å². The molecule has 0 bridgehead atoms. The molecule has 2 aromatic carbocycles. The van der Waals surface area contributed by atoms with Crippen LogP contribution >= 0.6 is 0 Å². The Balaban J connectivity index is 0.000000845. The van der Waals surface area contributed by atoms with Crippen molar-refractivity contribution >= 4 is 0 Å². The molecule has 0 N–H and O–H groups in total. The summed E-state index contributed by atoms with van der Waals surface area (Å²) in [5, 5.41) is 0. The van der Waals surface area contributed by atoms with E-state index in [1.54, 1.807) is 0 Å². The molecule has 13 heavy (non-hydrogen) atoms. The molecular formula is C12H10Hg+2. The quantitative estimate of drug-likeness (QED) is 0.689. The monoisotopic (exact) mass is 356 g/mol. The van der Waals surface area contributed by atoms with Crippen molar-refractivity contribution in [2.45, 2.75) is 0 Å². The molecule has 2 aromatic rings. The Kier molecular flexibility index (Phi) is 4.17. The molecule has 0 spiro atoms. The molecule has 0 atom stereocenters. The van der Waals surface area contributed by atoms with Crippen LogP contribution in [0.3, 0.4) is 0 Å². The van der Waals surface area contributed by atoms with Crippen molar-refractivity contribution < 1.29 is 27.7 Å². The second kappa shape index (κ2) is 5.18. The van der Waals surface area contributed by atoms with Gasteiger partial charge in [0.05, 0.1) is 0 Å². The van der Waals surface area contributed by atoms with E-state index < -0.39 is 0 Å². The predicted molar refractivity (Wildman–Crippen MR) is 51.9 cm³/mol. The first-order valence-corrected chi connectivity index (χ1v) is 4.07. The number of benzene rings is 2. The second-order valence-corrected chi connectivity index (χ2v) is 2.73. The minimum atomic E-state index is 0. The van der Waals surface area contributed by atoms with Crippen LogP contribution in [-0.4, -0.2) is 0 Å². The summed E-state index contributed by atoms with van der Waals surface area (Å²) in [5.41, 5.74) is 2.55.